The van der Waals surface area contributed by atoms with Gasteiger partial charge in [-0.2, -0.15) is 0 Å². The lowest BCUT2D eigenvalue weighted by atomic mass is 9.94. The SMILES string of the molecule is Cc1ccc(C)c(-c2cc(-c3ccc(Cl)cc3)nnc2-c2ccc(Cl)cc2)c1. The Kier molecular flexibility index (Phi) is 5.17. The predicted molar refractivity (Wildman–Crippen MR) is 118 cm³/mol. The summed E-state index contributed by atoms with van der Waals surface area (Å²) in [6.45, 7) is 4.21. The molecule has 0 bridgehead atoms. The molecule has 1 heterocycles. The van der Waals surface area contributed by atoms with Gasteiger partial charge in [-0.1, -0.05) is 71.2 Å². The van der Waals surface area contributed by atoms with Crippen LogP contribution in [0.25, 0.3) is 33.6 Å². The lowest BCUT2D eigenvalue weighted by Crippen LogP contribution is -1.97. The third-order valence-corrected chi connectivity index (χ3v) is 5.24. The maximum absolute atomic E-state index is 6.07. The molecule has 0 saturated carbocycles. The molecule has 0 amide bonds. The summed E-state index contributed by atoms with van der Waals surface area (Å²) < 4.78 is 0. The van der Waals surface area contributed by atoms with Gasteiger partial charge in [0, 0.05) is 26.7 Å². The van der Waals surface area contributed by atoms with Crippen LogP contribution in [0.5, 0.6) is 0 Å². The third-order valence-electron chi connectivity index (χ3n) is 4.73. The summed E-state index contributed by atoms with van der Waals surface area (Å²) in [5.41, 5.74) is 8.19. The molecule has 0 fully saturated rings. The van der Waals surface area contributed by atoms with Gasteiger partial charge in [0.15, 0.2) is 0 Å². The first-order valence-corrected chi connectivity index (χ1v) is 9.74. The Hall–Kier alpha value is -2.68. The first-order chi connectivity index (χ1) is 13.5. The molecule has 0 unspecified atom stereocenters. The van der Waals surface area contributed by atoms with E-state index in [1.807, 2.05) is 48.5 Å². The molecule has 28 heavy (non-hydrogen) atoms. The van der Waals surface area contributed by atoms with E-state index in [-0.39, 0.29) is 0 Å². The number of nitrogens with zero attached hydrogens (tertiary/aromatic N) is 2. The molecular formula is C24H18Cl2N2. The van der Waals surface area contributed by atoms with E-state index in [9.17, 15) is 0 Å². The van der Waals surface area contributed by atoms with Gasteiger partial charge >= 0.3 is 0 Å². The van der Waals surface area contributed by atoms with Gasteiger partial charge in [-0.15, -0.1) is 10.2 Å². The summed E-state index contributed by atoms with van der Waals surface area (Å²) in [5, 5.41) is 10.5. The van der Waals surface area contributed by atoms with E-state index in [4.69, 9.17) is 23.2 Å². The van der Waals surface area contributed by atoms with Crippen LogP contribution in [0.3, 0.4) is 0 Å². The number of hydrogen-bond acceptors (Lipinski definition) is 2. The van der Waals surface area contributed by atoms with Gasteiger partial charge < -0.3 is 0 Å². The van der Waals surface area contributed by atoms with Crippen molar-refractivity contribution < 1.29 is 0 Å². The minimum Gasteiger partial charge on any atom is -0.150 e. The molecule has 4 heteroatoms. The number of rotatable bonds is 3. The molecule has 0 aliphatic heterocycles. The molecule has 0 radical (unpaired) electrons. The summed E-state index contributed by atoms with van der Waals surface area (Å²) in [4.78, 5) is 0. The fourth-order valence-corrected chi connectivity index (χ4v) is 3.46. The fourth-order valence-electron chi connectivity index (χ4n) is 3.21. The van der Waals surface area contributed by atoms with Crippen molar-refractivity contribution in [3.63, 3.8) is 0 Å². The van der Waals surface area contributed by atoms with Gasteiger partial charge in [0.1, 0.15) is 5.69 Å². The van der Waals surface area contributed by atoms with Crippen molar-refractivity contribution in [2.24, 2.45) is 0 Å². The van der Waals surface area contributed by atoms with E-state index in [0.717, 1.165) is 33.6 Å². The van der Waals surface area contributed by atoms with E-state index in [1.54, 1.807) is 0 Å². The quantitative estimate of drug-likeness (QED) is 0.355. The average molecular weight is 405 g/mol. The summed E-state index contributed by atoms with van der Waals surface area (Å²) in [5.74, 6) is 0. The standard InChI is InChI=1S/C24H18Cl2N2/c1-15-3-4-16(2)21(13-15)22-14-23(17-5-9-19(25)10-6-17)27-28-24(22)18-7-11-20(26)12-8-18/h3-14H,1-2H3. The molecule has 1 aromatic heterocycles. The monoisotopic (exact) mass is 404 g/mol. The number of aromatic nitrogens is 2. The molecule has 138 valence electrons. The third kappa shape index (κ3) is 3.80. The Morgan fingerprint density at radius 1 is 0.607 bits per heavy atom. The lowest BCUT2D eigenvalue weighted by Gasteiger charge is -2.14. The van der Waals surface area contributed by atoms with Crippen LogP contribution in [-0.4, -0.2) is 10.2 Å². The molecule has 0 N–H and O–H groups in total. The highest BCUT2D eigenvalue weighted by atomic mass is 35.5. The van der Waals surface area contributed by atoms with Crippen LogP contribution >= 0.6 is 23.2 Å². The highest BCUT2D eigenvalue weighted by molar-refractivity contribution is 6.30. The molecule has 0 aliphatic carbocycles. The molecule has 0 aliphatic rings. The number of halogens is 2. The van der Waals surface area contributed by atoms with Crippen LogP contribution in [0.1, 0.15) is 11.1 Å². The Morgan fingerprint density at radius 2 is 1.21 bits per heavy atom. The Bertz CT molecular complexity index is 1130. The molecule has 0 spiro atoms. The smallest absolute Gasteiger partial charge is 0.101 e. The van der Waals surface area contributed by atoms with Gasteiger partial charge in [-0.3, -0.25) is 0 Å². The normalized spacial score (nSPS) is 10.9. The zero-order valence-corrected chi connectivity index (χ0v) is 17.1. The zero-order chi connectivity index (χ0) is 19.7. The largest absolute Gasteiger partial charge is 0.150 e. The van der Waals surface area contributed by atoms with Crippen molar-refractivity contribution in [3.8, 4) is 33.6 Å². The maximum atomic E-state index is 6.07. The van der Waals surface area contributed by atoms with Gasteiger partial charge in [-0.05, 0) is 55.3 Å². The number of aryl methyl sites for hydroxylation is 2. The second-order valence-electron chi connectivity index (χ2n) is 6.82. The second-order valence-corrected chi connectivity index (χ2v) is 7.70. The molecule has 4 rings (SSSR count). The van der Waals surface area contributed by atoms with Crippen molar-refractivity contribution in [2.45, 2.75) is 13.8 Å². The summed E-state index contributed by atoms with van der Waals surface area (Å²) >= 11 is 12.1. The number of benzene rings is 3. The highest BCUT2D eigenvalue weighted by Crippen LogP contribution is 2.35. The maximum Gasteiger partial charge on any atom is 0.101 e. The van der Waals surface area contributed by atoms with E-state index in [2.05, 4.69) is 48.3 Å². The van der Waals surface area contributed by atoms with Crippen LogP contribution in [0, 0.1) is 13.8 Å². The molecule has 0 saturated heterocycles. The van der Waals surface area contributed by atoms with E-state index in [1.165, 1.54) is 11.1 Å². The van der Waals surface area contributed by atoms with E-state index >= 15 is 0 Å². The molecule has 0 atom stereocenters. The Labute approximate surface area is 174 Å². The minimum atomic E-state index is 0.697. The van der Waals surface area contributed by atoms with Crippen molar-refractivity contribution in [3.05, 3.63) is 94.0 Å². The zero-order valence-electron chi connectivity index (χ0n) is 15.6. The van der Waals surface area contributed by atoms with E-state index in [0.29, 0.717) is 10.0 Å². The Balaban J connectivity index is 1.94. The van der Waals surface area contributed by atoms with Gasteiger partial charge in [-0.25, -0.2) is 0 Å². The summed E-state index contributed by atoms with van der Waals surface area (Å²) in [6.07, 6.45) is 0. The van der Waals surface area contributed by atoms with Gasteiger partial charge in [0.25, 0.3) is 0 Å². The fraction of sp³-hybridized carbons (Fsp3) is 0.0833. The topological polar surface area (TPSA) is 25.8 Å². The van der Waals surface area contributed by atoms with Crippen LogP contribution in [0.15, 0.2) is 72.8 Å². The molecule has 3 aromatic carbocycles. The predicted octanol–water partition coefficient (Wildman–Crippen LogP) is 7.40. The molecular weight excluding hydrogens is 387 g/mol. The van der Waals surface area contributed by atoms with Crippen LogP contribution < -0.4 is 0 Å². The summed E-state index contributed by atoms with van der Waals surface area (Å²) in [7, 11) is 0. The van der Waals surface area contributed by atoms with Crippen molar-refractivity contribution >= 4 is 23.2 Å². The average Bonchev–Trinajstić information content (AvgIpc) is 2.71. The Morgan fingerprint density at radius 3 is 1.86 bits per heavy atom. The van der Waals surface area contributed by atoms with Crippen LogP contribution in [0.2, 0.25) is 10.0 Å². The lowest BCUT2D eigenvalue weighted by molar-refractivity contribution is 1.05. The van der Waals surface area contributed by atoms with Crippen molar-refractivity contribution in [2.75, 3.05) is 0 Å². The van der Waals surface area contributed by atoms with Crippen LogP contribution in [-0.2, 0) is 0 Å². The summed E-state index contributed by atoms with van der Waals surface area (Å²) in [6, 6.07) is 23.9. The van der Waals surface area contributed by atoms with E-state index < -0.39 is 0 Å². The van der Waals surface area contributed by atoms with Crippen molar-refractivity contribution in [1.29, 1.82) is 0 Å². The second kappa shape index (κ2) is 7.75. The van der Waals surface area contributed by atoms with Gasteiger partial charge in [0.2, 0.25) is 0 Å². The van der Waals surface area contributed by atoms with Crippen molar-refractivity contribution in [1.82, 2.24) is 10.2 Å². The first kappa shape index (κ1) is 18.7. The molecule has 2 nitrogen and oxygen atoms in total. The minimum absolute atomic E-state index is 0.697. The highest BCUT2D eigenvalue weighted by Gasteiger charge is 2.15. The molecule has 4 aromatic rings. The van der Waals surface area contributed by atoms with Gasteiger partial charge in [0.05, 0.1) is 5.69 Å². The van der Waals surface area contributed by atoms with Crippen LogP contribution in [0.4, 0.5) is 0 Å². The number of hydrogen-bond donors (Lipinski definition) is 0. The first-order valence-electron chi connectivity index (χ1n) is 8.98.